The summed E-state index contributed by atoms with van der Waals surface area (Å²) in [6, 6.07) is -1.14. The van der Waals surface area contributed by atoms with E-state index in [9.17, 15) is 23.1 Å². The van der Waals surface area contributed by atoms with Gasteiger partial charge in [-0.15, -0.1) is 0 Å². The minimum Gasteiger partial charge on any atom is -0.458 e. The fourth-order valence-electron chi connectivity index (χ4n) is 2.86. The van der Waals surface area contributed by atoms with E-state index in [1.807, 2.05) is 0 Å². The molecule has 2 N–H and O–H groups in total. The number of aliphatic hydroxyl groups is 1. The van der Waals surface area contributed by atoms with Crippen LogP contribution < -0.4 is 5.32 Å². The molecule has 0 aromatic rings. The number of sulfonamides is 1. The molecule has 0 spiro atoms. The normalized spacial score (nSPS) is 17.8. The maximum Gasteiger partial charge on any atom is 0.408 e. The molecule has 1 fully saturated rings. The van der Waals surface area contributed by atoms with E-state index in [1.54, 1.807) is 41.5 Å². The van der Waals surface area contributed by atoms with Crippen molar-refractivity contribution in [3.05, 3.63) is 0 Å². The SMILES string of the molecule is CC(C)(C)OC(=O)N[C@@H](C/C=N/S(=O)(=O)CCC1(CO)CCC1)C(=O)OC(C)(C)C. The number of nitrogens with zero attached hydrogens (tertiary/aromatic N) is 1. The van der Waals surface area contributed by atoms with Crippen LogP contribution in [0.5, 0.6) is 0 Å². The number of ether oxygens (including phenoxy) is 2. The van der Waals surface area contributed by atoms with Crippen LogP contribution in [-0.4, -0.2) is 61.4 Å². The van der Waals surface area contributed by atoms with Gasteiger partial charge in [0.25, 0.3) is 10.0 Å². The molecule has 0 saturated heterocycles. The van der Waals surface area contributed by atoms with Crippen molar-refractivity contribution in [3.63, 3.8) is 0 Å². The Balaban J connectivity index is 2.76. The first-order valence-corrected chi connectivity index (χ1v) is 11.8. The van der Waals surface area contributed by atoms with Crippen molar-refractivity contribution in [3.8, 4) is 0 Å². The van der Waals surface area contributed by atoms with Crippen molar-refractivity contribution < 1.29 is 32.6 Å². The summed E-state index contributed by atoms with van der Waals surface area (Å²) in [5, 5.41) is 11.9. The van der Waals surface area contributed by atoms with Gasteiger partial charge in [0, 0.05) is 19.2 Å². The first-order valence-electron chi connectivity index (χ1n) is 10.2. The largest absolute Gasteiger partial charge is 0.458 e. The topological polar surface area (TPSA) is 131 Å². The molecule has 1 saturated carbocycles. The molecule has 9 nitrogen and oxygen atoms in total. The molecule has 10 heteroatoms. The van der Waals surface area contributed by atoms with Crippen LogP contribution in [0.3, 0.4) is 0 Å². The predicted octanol–water partition coefficient (Wildman–Crippen LogP) is 2.56. The fraction of sp³-hybridized carbons (Fsp3) is 0.850. The molecule has 1 aliphatic carbocycles. The smallest absolute Gasteiger partial charge is 0.408 e. The van der Waals surface area contributed by atoms with E-state index in [-0.39, 0.29) is 24.2 Å². The van der Waals surface area contributed by atoms with Gasteiger partial charge < -0.3 is 19.9 Å². The third-order valence-corrected chi connectivity index (χ3v) is 5.79. The van der Waals surface area contributed by atoms with Crippen molar-refractivity contribution in [2.75, 3.05) is 12.4 Å². The summed E-state index contributed by atoms with van der Waals surface area (Å²) in [4.78, 5) is 24.5. The Morgan fingerprint density at radius 3 is 2.13 bits per heavy atom. The van der Waals surface area contributed by atoms with Crippen LogP contribution in [0.4, 0.5) is 4.79 Å². The number of aliphatic hydroxyl groups excluding tert-OH is 1. The summed E-state index contributed by atoms with van der Waals surface area (Å²) in [5.74, 6) is -0.897. The van der Waals surface area contributed by atoms with Gasteiger partial charge in [-0.1, -0.05) is 6.42 Å². The number of amides is 1. The lowest BCUT2D eigenvalue weighted by atomic mass is 9.68. The van der Waals surface area contributed by atoms with E-state index in [0.717, 1.165) is 25.5 Å². The average Bonchev–Trinajstić information content (AvgIpc) is 2.49. The van der Waals surface area contributed by atoms with Crippen molar-refractivity contribution >= 4 is 28.3 Å². The molecule has 0 aromatic heterocycles. The van der Waals surface area contributed by atoms with E-state index in [0.29, 0.717) is 6.42 Å². The van der Waals surface area contributed by atoms with Crippen LogP contribution in [0.1, 0.15) is 73.6 Å². The average molecular weight is 449 g/mol. The van der Waals surface area contributed by atoms with Crippen molar-refractivity contribution in [2.45, 2.75) is 90.9 Å². The highest BCUT2D eigenvalue weighted by molar-refractivity contribution is 7.90. The number of carbonyl (C=O) groups excluding carboxylic acids is 2. The Labute approximate surface area is 179 Å². The summed E-state index contributed by atoms with van der Waals surface area (Å²) >= 11 is 0. The summed E-state index contributed by atoms with van der Waals surface area (Å²) in [5.41, 5.74) is -1.86. The highest BCUT2D eigenvalue weighted by Gasteiger charge is 2.37. The fourth-order valence-corrected chi connectivity index (χ4v) is 3.97. The molecule has 0 heterocycles. The standard InChI is InChI=1S/C20H36N2O7S/c1-18(2,3)28-16(24)15(22-17(25)29-19(4,5)6)8-12-21-30(26,27)13-11-20(14-23)9-7-10-20/h12,15,23H,7-11,13-14H2,1-6H3,(H,22,25)/b21-12+/t15-/m0/s1. The minimum absolute atomic E-state index is 0.0350. The zero-order chi connectivity index (χ0) is 23.2. The molecule has 1 rings (SSSR count). The zero-order valence-corrected chi connectivity index (χ0v) is 19.7. The number of rotatable bonds is 9. The molecule has 1 atom stereocenters. The Kier molecular flexibility index (Phi) is 8.86. The highest BCUT2D eigenvalue weighted by Crippen LogP contribution is 2.43. The van der Waals surface area contributed by atoms with E-state index >= 15 is 0 Å². The lowest BCUT2D eigenvalue weighted by Gasteiger charge is -2.40. The van der Waals surface area contributed by atoms with Gasteiger partial charge in [0.05, 0.1) is 5.75 Å². The minimum atomic E-state index is -3.75. The van der Waals surface area contributed by atoms with Crippen LogP contribution in [-0.2, 0) is 24.3 Å². The maximum atomic E-state index is 12.4. The first kappa shape index (κ1) is 26.4. The monoisotopic (exact) mass is 448 g/mol. The second kappa shape index (κ2) is 10.1. The van der Waals surface area contributed by atoms with Crippen LogP contribution >= 0.6 is 0 Å². The second-order valence-electron chi connectivity index (χ2n) is 9.80. The molecular weight excluding hydrogens is 412 g/mol. The third-order valence-electron chi connectivity index (χ3n) is 4.60. The van der Waals surface area contributed by atoms with Gasteiger partial charge in [-0.2, -0.15) is 4.40 Å². The van der Waals surface area contributed by atoms with Gasteiger partial charge in [-0.3, -0.25) is 0 Å². The predicted molar refractivity (Wildman–Crippen MR) is 114 cm³/mol. The van der Waals surface area contributed by atoms with Gasteiger partial charge in [-0.25, -0.2) is 18.0 Å². The van der Waals surface area contributed by atoms with Gasteiger partial charge in [-0.05, 0) is 66.2 Å². The maximum absolute atomic E-state index is 12.4. The van der Waals surface area contributed by atoms with Gasteiger partial charge in [0.1, 0.15) is 17.2 Å². The lowest BCUT2D eigenvalue weighted by Crippen LogP contribution is -2.46. The summed E-state index contributed by atoms with van der Waals surface area (Å²) in [6.45, 7) is 10.1. The van der Waals surface area contributed by atoms with Gasteiger partial charge in [0.15, 0.2) is 0 Å². The quantitative estimate of drug-likeness (QED) is 0.409. The van der Waals surface area contributed by atoms with E-state index in [4.69, 9.17) is 9.47 Å². The van der Waals surface area contributed by atoms with Crippen LogP contribution in [0.25, 0.3) is 0 Å². The molecule has 0 aliphatic heterocycles. The number of carbonyl (C=O) groups is 2. The Bertz CT molecular complexity index is 724. The second-order valence-corrected chi connectivity index (χ2v) is 11.6. The molecule has 0 bridgehead atoms. The number of esters is 1. The number of alkyl carbamates (subject to hydrolysis) is 1. The molecule has 1 aliphatic rings. The summed E-state index contributed by atoms with van der Waals surface area (Å²) in [7, 11) is -3.75. The molecule has 0 unspecified atom stereocenters. The zero-order valence-electron chi connectivity index (χ0n) is 18.9. The van der Waals surface area contributed by atoms with Crippen LogP contribution in [0, 0.1) is 5.41 Å². The molecule has 0 radical (unpaired) electrons. The molecule has 1 amide bonds. The van der Waals surface area contributed by atoms with Crippen molar-refractivity contribution in [2.24, 2.45) is 9.81 Å². The number of hydrogen-bond acceptors (Lipinski definition) is 7. The molecule has 0 aromatic carbocycles. The molecular formula is C20H36N2O7S. The molecule has 174 valence electrons. The van der Waals surface area contributed by atoms with Crippen LogP contribution in [0.15, 0.2) is 4.40 Å². The Hall–Kier alpha value is -1.68. The van der Waals surface area contributed by atoms with Crippen molar-refractivity contribution in [1.29, 1.82) is 0 Å². The molecule has 30 heavy (non-hydrogen) atoms. The Morgan fingerprint density at radius 2 is 1.70 bits per heavy atom. The summed E-state index contributed by atoms with van der Waals surface area (Å²) < 4.78 is 38.5. The number of hydrogen-bond donors (Lipinski definition) is 2. The third kappa shape index (κ3) is 9.88. The Morgan fingerprint density at radius 1 is 1.13 bits per heavy atom. The summed E-state index contributed by atoms with van der Waals surface area (Å²) in [6.07, 6.45) is 3.05. The van der Waals surface area contributed by atoms with Crippen LogP contribution in [0.2, 0.25) is 0 Å². The van der Waals surface area contributed by atoms with Crippen molar-refractivity contribution in [1.82, 2.24) is 5.32 Å². The highest BCUT2D eigenvalue weighted by atomic mass is 32.2. The lowest BCUT2D eigenvalue weighted by molar-refractivity contribution is -0.157. The van der Waals surface area contributed by atoms with E-state index in [1.165, 1.54) is 0 Å². The number of nitrogens with one attached hydrogen (secondary N) is 1. The van der Waals surface area contributed by atoms with Gasteiger partial charge in [0.2, 0.25) is 0 Å². The first-order chi connectivity index (χ1) is 13.6. The van der Waals surface area contributed by atoms with E-state index in [2.05, 4.69) is 9.71 Å². The van der Waals surface area contributed by atoms with Gasteiger partial charge >= 0.3 is 12.1 Å². The van der Waals surface area contributed by atoms with E-state index < -0.39 is 39.3 Å².